The second-order valence-electron chi connectivity index (χ2n) is 8.69. The molecule has 0 spiro atoms. The van der Waals surface area contributed by atoms with E-state index in [1.54, 1.807) is 18.2 Å². The van der Waals surface area contributed by atoms with Crippen molar-refractivity contribution in [3.05, 3.63) is 117 Å². The number of rotatable bonds is 5. The van der Waals surface area contributed by atoms with Gasteiger partial charge in [-0.3, -0.25) is 4.79 Å². The summed E-state index contributed by atoms with van der Waals surface area (Å²) in [5.74, 6) is 0.607. The van der Waals surface area contributed by atoms with Gasteiger partial charge in [0.2, 0.25) is 0 Å². The Kier molecular flexibility index (Phi) is 7.91. The van der Waals surface area contributed by atoms with Gasteiger partial charge in [-0.2, -0.15) is 0 Å². The van der Waals surface area contributed by atoms with Crippen LogP contribution in [0.4, 0.5) is 4.39 Å². The van der Waals surface area contributed by atoms with Gasteiger partial charge >= 0.3 is 0 Å². The predicted octanol–water partition coefficient (Wildman–Crippen LogP) is 7.69. The second kappa shape index (κ2) is 11.3. The summed E-state index contributed by atoms with van der Waals surface area (Å²) in [7, 11) is 0. The van der Waals surface area contributed by atoms with Gasteiger partial charge < -0.3 is 4.98 Å². The Labute approximate surface area is 215 Å². The van der Waals surface area contributed by atoms with Crippen molar-refractivity contribution in [2.24, 2.45) is 0 Å². The molecule has 0 aliphatic heterocycles. The molecular formula is C30H27ClFN3O. The highest BCUT2D eigenvalue weighted by atomic mass is 35.5. The smallest absolute Gasteiger partial charge is 0.157 e. The molecule has 0 bridgehead atoms. The molecule has 0 amide bonds. The van der Waals surface area contributed by atoms with E-state index < -0.39 is 0 Å². The predicted molar refractivity (Wildman–Crippen MR) is 144 cm³/mol. The molecule has 0 saturated heterocycles. The third-order valence-electron chi connectivity index (χ3n) is 5.96. The fourth-order valence-corrected chi connectivity index (χ4v) is 4.09. The lowest BCUT2D eigenvalue weighted by atomic mass is 10.0. The summed E-state index contributed by atoms with van der Waals surface area (Å²) in [5.41, 5.74) is 8.08. The third kappa shape index (κ3) is 6.04. The highest BCUT2D eigenvalue weighted by Crippen LogP contribution is 2.22. The van der Waals surface area contributed by atoms with E-state index in [4.69, 9.17) is 16.6 Å². The Morgan fingerprint density at radius 3 is 2.53 bits per heavy atom. The van der Waals surface area contributed by atoms with Crippen LogP contribution < -0.4 is 0 Å². The molecule has 0 atom stereocenters. The minimum absolute atomic E-state index is 0.0810. The van der Waals surface area contributed by atoms with Crippen molar-refractivity contribution in [3.8, 4) is 11.5 Å². The number of benzene rings is 3. The summed E-state index contributed by atoms with van der Waals surface area (Å²) in [6.45, 7) is 5.91. The SMILES string of the molecule is CCc1ccc(C)cc1F.Cc1ccc(Cl)cc1Cc1cccc(-c2nc3ccc(C=O)cc3[nH]2)n1. The molecule has 3 aromatic carbocycles. The number of aromatic amines is 1. The highest BCUT2D eigenvalue weighted by Gasteiger charge is 2.09. The van der Waals surface area contributed by atoms with E-state index >= 15 is 0 Å². The molecule has 182 valence electrons. The summed E-state index contributed by atoms with van der Waals surface area (Å²) in [4.78, 5) is 23.5. The zero-order valence-corrected chi connectivity index (χ0v) is 21.2. The Bertz CT molecular complexity index is 1530. The van der Waals surface area contributed by atoms with Crippen LogP contribution in [0.2, 0.25) is 5.02 Å². The Morgan fingerprint density at radius 1 is 0.944 bits per heavy atom. The van der Waals surface area contributed by atoms with Crippen molar-refractivity contribution in [2.75, 3.05) is 0 Å². The van der Waals surface area contributed by atoms with Gasteiger partial charge in [-0.15, -0.1) is 0 Å². The topological polar surface area (TPSA) is 58.6 Å². The number of fused-ring (bicyclic) bond motifs is 1. The van der Waals surface area contributed by atoms with Crippen LogP contribution in [0.15, 0.2) is 72.8 Å². The minimum Gasteiger partial charge on any atom is -0.337 e. The van der Waals surface area contributed by atoms with Gasteiger partial charge in [0.25, 0.3) is 0 Å². The van der Waals surface area contributed by atoms with Crippen molar-refractivity contribution in [1.82, 2.24) is 15.0 Å². The van der Waals surface area contributed by atoms with Crippen LogP contribution in [0.3, 0.4) is 0 Å². The number of halogens is 2. The van der Waals surface area contributed by atoms with Crippen molar-refractivity contribution in [2.45, 2.75) is 33.6 Å². The minimum atomic E-state index is -0.0810. The number of aromatic nitrogens is 3. The lowest BCUT2D eigenvalue weighted by Gasteiger charge is -2.07. The maximum atomic E-state index is 12.9. The molecule has 0 aliphatic rings. The second-order valence-corrected chi connectivity index (χ2v) is 9.13. The van der Waals surface area contributed by atoms with Gasteiger partial charge in [0.05, 0.1) is 11.0 Å². The lowest BCUT2D eigenvalue weighted by Crippen LogP contribution is -1.97. The normalized spacial score (nSPS) is 10.7. The van der Waals surface area contributed by atoms with E-state index in [-0.39, 0.29) is 5.82 Å². The van der Waals surface area contributed by atoms with Crippen molar-refractivity contribution < 1.29 is 9.18 Å². The maximum absolute atomic E-state index is 12.9. The monoisotopic (exact) mass is 499 g/mol. The van der Waals surface area contributed by atoms with Crippen LogP contribution in [0.1, 0.15) is 45.2 Å². The number of imidazole rings is 1. The molecule has 2 heterocycles. The summed E-state index contributed by atoms with van der Waals surface area (Å²) < 4.78 is 12.9. The zero-order chi connectivity index (χ0) is 25.7. The molecule has 5 rings (SSSR count). The van der Waals surface area contributed by atoms with Crippen LogP contribution in [-0.2, 0) is 12.8 Å². The molecular weight excluding hydrogens is 473 g/mol. The highest BCUT2D eigenvalue weighted by molar-refractivity contribution is 6.30. The summed E-state index contributed by atoms with van der Waals surface area (Å²) >= 11 is 6.12. The van der Waals surface area contributed by atoms with Crippen molar-refractivity contribution in [1.29, 1.82) is 0 Å². The first-order valence-electron chi connectivity index (χ1n) is 11.8. The number of carbonyl (C=O) groups is 1. The first kappa shape index (κ1) is 25.3. The van der Waals surface area contributed by atoms with Gasteiger partial charge in [0, 0.05) is 22.7 Å². The number of carbonyl (C=O) groups excluding carboxylic acids is 1. The Morgan fingerprint density at radius 2 is 1.78 bits per heavy atom. The number of pyridine rings is 1. The molecule has 0 radical (unpaired) electrons. The van der Waals surface area contributed by atoms with E-state index in [1.165, 1.54) is 5.56 Å². The number of aldehydes is 1. The summed E-state index contributed by atoms with van der Waals surface area (Å²) in [6.07, 6.45) is 2.30. The van der Waals surface area contributed by atoms with E-state index in [1.807, 2.05) is 68.4 Å². The van der Waals surface area contributed by atoms with E-state index in [2.05, 4.69) is 16.9 Å². The number of hydrogen-bond donors (Lipinski definition) is 1. The first-order chi connectivity index (χ1) is 17.4. The molecule has 0 fully saturated rings. The summed E-state index contributed by atoms with van der Waals surface area (Å²) in [6, 6.07) is 22.5. The zero-order valence-electron chi connectivity index (χ0n) is 20.5. The van der Waals surface area contributed by atoms with E-state index in [0.29, 0.717) is 17.8 Å². The largest absolute Gasteiger partial charge is 0.337 e. The molecule has 0 saturated carbocycles. The molecule has 2 aromatic heterocycles. The number of nitrogens with zero attached hydrogens (tertiary/aromatic N) is 2. The molecule has 1 N–H and O–H groups in total. The Hall–Kier alpha value is -3.83. The molecule has 0 unspecified atom stereocenters. The molecule has 4 nitrogen and oxygen atoms in total. The summed E-state index contributed by atoms with van der Waals surface area (Å²) in [5, 5.41) is 0.727. The maximum Gasteiger partial charge on any atom is 0.157 e. The van der Waals surface area contributed by atoms with E-state index in [0.717, 1.165) is 56.8 Å². The van der Waals surface area contributed by atoms with Gasteiger partial charge in [-0.25, -0.2) is 14.4 Å². The number of H-pyrrole nitrogens is 1. The first-order valence-corrected chi connectivity index (χ1v) is 12.2. The molecule has 5 aromatic rings. The van der Waals surface area contributed by atoms with Crippen LogP contribution in [-0.4, -0.2) is 21.2 Å². The van der Waals surface area contributed by atoms with Crippen LogP contribution >= 0.6 is 11.6 Å². The number of aryl methyl sites for hydroxylation is 3. The third-order valence-corrected chi connectivity index (χ3v) is 6.20. The van der Waals surface area contributed by atoms with Crippen LogP contribution in [0, 0.1) is 19.7 Å². The fraction of sp³-hybridized carbons (Fsp3) is 0.167. The van der Waals surface area contributed by atoms with Crippen molar-refractivity contribution in [3.63, 3.8) is 0 Å². The standard InChI is InChI=1S/C21H16ClN3O.C9H11F/c1-13-5-7-16(22)10-15(13)11-17-3-2-4-19(23-17)21-24-18-8-6-14(12-26)9-20(18)25-21;1-3-8-5-4-7(2)6-9(8)10/h2-10,12H,11H2,1H3,(H,24,25);4-6H,3H2,1-2H3. The van der Waals surface area contributed by atoms with Crippen LogP contribution in [0.25, 0.3) is 22.6 Å². The molecule has 6 heteroatoms. The molecule has 0 aliphatic carbocycles. The van der Waals surface area contributed by atoms with Gasteiger partial charge in [-0.1, -0.05) is 42.8 Å². The van der Waals surface area contributed by atoms with Gasteiger partial charge in [-0.05, 0) is 91.1 Å². The average Bonchev–Trinajstić information content (AvgIpc) is 3.30. The van der Waals surface area contributed by atoms with Crippen molar-refractivity contribution >= 4 is 28.9 Å². The quantitative estimate of drug-likeness (QED) is 0.252. The van der Waals surface area contributed by atoms with E-state index in [9.17, 15) is 9.18 Å². The van der Waals surface area contributed by atoms with Crippen LogP contribution in [0.5, 0.6) is 0 Å². The Balaban J connectivity index is 0.000000256. The van der Waals surface area contributed by atoms with Gasteiger partial charge in [0.1, 0.15) is 17.8 Å². The molecule has 36 heavy (non-hydrogen) atoms. The fourth-order valence-electron chi connectivity index (χ4n) is 3.90. The van der Waals surface area contributed by atoms with Gasteiger partial charge in [0.15, 0.2) is 5.82 Å². The lowest BCUT2D eigenvalue weighted by molar-refractivity contribution is 0.112. The average molecular weight is 500 g/mol. The number of hydrogen-bond acceptors (Lipinski definition) is 3. The number of nitrogens with one attached hydrogen (secondary N) is 1.